The molecule has 178 valence electrons. The summed E-state index contributed by atoms with van der Waals surface area (Å²) in [7, 11) is 0. The van der Waals surface area contributed by atoms with Crippen molar-refractivity contribution in [1.29, 1.82) is 0 Å². The Kier molecular flexibility index (Phi) is 7.73. The van der Waals surface area contributed by atoms with Crippen LogP contribution in [0.4, 0.5) is 0 Å². The minimum atomic E-state index is -1.14. The van der Waals surface area contributed by atoms with Gasteiger partial charge in [-0.15, -0.1) is 0 Å². The van der Waals surface area contributed by atoms with Crippen LogP contribution in [0.1, 0.15) is 124 Å². The Morgan fingerprint density at radius 3 is 1.75 bits per heavy atom. The zero-order valence-electron chi connectivity index (χ0n) is 20.7. The molecule has 0 saturated heterocycles. The van der Waals surface area contributed by atoms with Crippen molar-refractivity contribution in [2.45, 2.75) is 91.9 Å². The van der Waals surface area contributed by atoms with E-state index in [0.29, 0.717) is 41.4 Å². The van der Waals surface area contributed by atoms with Crippen molar-refractivity contribution in [3.8, 4) is 0 Å². The molecule has 32 heavy (non-hydrogen) atoms. The number of hydrogen-bond donors (Lipinski definition) is 2. The van der Waals surface area contributed by atoms with Crippen LogP contribution in [0.25, 0.3) is 0 Å². The summed E-state index contributed by atoms with van der Waals surface area (Å²) >= 11 is 0. The second-order valence-electron chi connectivity index (χ2n) is 11.5. The SMILES string of the molecule is CC1CCC(C(C)C)C(c2ccc(C(=O)O)c(C(=O)O)c2C2CC(C)CCC2C(C)C)C1. The highest BCUT2D eigenvalue weighted by Gasteiger charge is 2.40. The van der Waals surface area contributed by atoms with Crippen molar-refractivity contribution in [2.75, 3.05) is 0 Å². The second kappa shape index (κ2) is 9.97. The average molecular weight is 443 g/mol. The van der Waals surface area contributed by atoms with E-state index in [1.54, 1.807) is 6.07 Å². The maximum absolute atomic E-state index is 12.6. The van der Waals surface area contributed by atoms with Crippen molar-refractivity contribution < 1.29 is 19.8 Å². The van der Waals surface area contributed by atoms with Gasteiger partial charge in [-0.3, -0.25) is 0 Å². The first kappa shape index (κ1) is 24.8. The fourth-order valence-corrected chi connectivity index (χ4v) is 6.86. The van der Waals surface area contributed by atoms with Gasteiger partial charge < -0.3 is 10.2 Å². The summed E-state index contributed by atoms with van der Waals surface area (Å²) in [6.07, 6.45) is 6.59. The lowest BCUT2D eigenvalue weighted by atomic mass is 9.61. The van der Waals surface area contributed by atoms with E-state index in [1.165, 1.54) is 6.42 Å². The third kappa shape index (κ3) is 4.89. The predicted octanol–water partition coefficient (Wildman–Crippen LogP) is 7.43. The van der Waals surface area contributed by atoms with E-state index in [1.807, 2.05) is 6.07 Å². The van der Waals surface area contributed by atoms with E-state index in [0.717, 1.165) is 43.2 Å². The highest BCUT2D eigenvalue weighted by molar-refractivity contribution is 6.03. The summed E-state index contributed by atoms with van der Waals surface area (Å²) in [4.78, 5) is 24.7. The Morgan fingerprint density at radius 1 is 0.781 bits per heavy atom. The van der Waals surface area contributed by atoms with Gasteiger partial charge in [-0.2, -0.15) is 0 Å². The van der Waals surface area contributed by atoms with Crippen LogP contribution < -0.4 is 0 Å². The molecule has 1 aromatic carbocycles. The molecule has 2 saturated carbocycles. The van der Waals surface area contributed by atoms with Crippen LogP contribution in [0.3, 0.4) is 0 Å². The minimum Gasteiger partial charge on any atom is -0.478 e. The predicted molar refractivity (Wildman–Crippen MR) is 129 cm³/mol. The van der Waals surface area contributed by atoms with Crippen molar-refractivity contribution in [2.24, 2.45) is 35.5 Å². The lowest BCUT2D eigenvalue weighted by Crippen LogP contribution is -2.32. The van der Waals surface area contributed by atoms with Crippen LogP contribution in [0.2, 0.25) is 0 Å². The summed E-state index contributed by atoms with van der Waals surface area (Å²) in [5.41, 5.74) is 1.98. The molecule has 4 nitrogen and oxygen atoms in total. The Morgan fingerprint density at radius 2 is 1.28 bits per heavy atom. The van der Waals surface area contributed by atoms with Gasteiger partial charge in [0, 0.05) is 0 Å². The lowest BCUT2D eigenvalue weighted by Gasteiger charge is -2.43. The molecule has 0 aliphatic heterocycles. The van der Waals surface area contributed by atoms with Gasteiger partial charge in [0.15, 0.2) is 0 Å². The van der Waals surface area contributed by atoms with Gasteiger partial charge in [-0.05, 0) is 90.2 Å². The highest BCUT2D eigenvalue weighted by Crippen LogP contribution is 2.51. The fourth-order valence-electron chi connectivity index (χ4n) is 6.86. The van der Waals surface area contributed by atoms with Gasteiger partial charge in [0.05, 0.1) is 11.1 Å². The quantitative estimate of drug-likeness (QED) is 0.480. The first-order valence-electron chi connectivity index (χ1n) is 12.7. The molecule has 6 atom stereocenters. The van der Waals surface area contributed by atoms with Gasteiger partial charge in [-0.25, -0.2) is 9.59 Å². The van der Waals surface area contributed by atoms with Crippen LogP contribution in [0.15, 0.2) is 12.1 Å². The van der Waals surface area contributed by atoms with Crippen LogP contribution in [0.5, 0.6) is 0 Å². The molecule has 0 spiro atoms. The van der Waals surface area contributed by atoms with Crippen molar-refractivity contribution in [1.82, 2.24) is 0 Å². The Balaban J connectivity index is 2.29. The number of benzene rings is 1. The van der Waals surface area contributed by atoms with Crippen molar-refractivity contribution >= 4 is 11.9 Å². The second-order valence-corrected chi connectivity index (χ2v) is 11.5. The van der Waals surface area contributed by atoms with Gasteiger partial charge in [0.25, 0.3) is 0 Å². The van der Waals surface area contributed by atoms with Gasteiger partial charge >= 0.3 is 11.9 Å². The standard InChI is InChI=1S/C28H42O4/c1-15(2)19-9-7-17(5)13-23(19)21-11-12-22(27(29)30)26(28(31)32)25(21)24-14-18(6)8-10-20(24)16(3)4/h11-12,15-20,23-24H,7-10,13-14H2,1-6H3,(H,29,30)(H,31,32). The van der Waals surface area contributed by atoms with E-state index in [4.69, 9.17) is 0 Å². The number of carboxylic acid groups (broad SMARTS) is 2. The maximum atomic E-state index is 12.6. The molecule has 0 heterocycles. The molecule has 0 bridgehead atoms. The number of carboxylic acids is 2. The van der Waals surface area contributed by atoms with Gasteiger partial charge in [-0.1, -0.05) is 60.5 Å². The molecule has 3 rings (SSSR count). The topological polar surface area (TPSA) is 74.6 Å². The Hall–Kier alpha value is -1.84. The molecular weight excluding hydrogens is 400 g/mol. The molecule has 2 N–H and O–H groups in total. The number of rotatable bonds is 6. The minimum absolute atomic E-state index is 0.0538. The average Bonchev–Trinajstić information content (AvgIpc) is 2.71. The molecular formula is C28H42O4. The number of aromatic carboxylic acids is 2. The molecule has 6 unspecified atom stereocenters. The summed E-state index contributed by atoms with van der Waals surface area (Å²) in [5, 5.41) is 20.2. The summed E-state index contributed by atoms with van der Waals surface area (Å²) in [6.45, 7) is 13.6. The summed E-state index contributed by atoms with van der Waals surface area (Å²) < 4.78 is 0. The fraction of sp³-hybridized carbons (Fsp3) is 0.714. The number of hydrogen-bond acceptors (Lipinski definition) is 2. The smallest absolute Gasteiger partial charge is 0.336 e. The molecule has 4 heteroatoms. The third-order valence-electron chi connectivity index (χ3n) is 8.54. The first-order chi connectivity index (χ1) is 15.0. The molecule has 1 aromatic rings. The first-order valence-corrected chi connectivity index (χ1v) is 12.7. The monoisotopic (exact) mass is 442 g/mol. The van der Waals surface area contributed by atoms with E-state index in [-0.39, 0.29) is 17.0 Å². The summed E-state index contributed by atoms with van der Waals surface area (Å²) in [5.74, 6) is 1.10. The van der Waals surface area contributed by atoms with Crippen LogP contribution >= 0.6 is 0 Å². The van der Waals surface area contributed by atoms with E-state index in [9.17, 15) is 19.8 Å². The zero-order valence-corrected chi connectivity index (χ0v) is 20.7. The Bertz CT molecular complexity index is 840. The van der Waals surface area contributed by atoms with E-state index >= 15 is 0 Å². The van der Waals surface area contributed by atoms with Gasteiger partial charge in [0.2, 0.25) is 0 Å². The Labute approximate surface area is 193 Å². The van der Waals surface area contributed by atoms with Crippen LogP contribution in [-0.2, 0) is 0 Å². The van der Waals surface area contributed by atoms with E-state index in [2.05, 4.69) is 41.5 Å². The lowest BCUT2D eigenvalue weighted by molar-refractivity contribution is 0.0647. The molecule has 2 aliphatic rings. The van der Waals surface area contributed by atoms with Crippen molar-refractivity contribution in [3.05, 3.63) is 34.4 Å². The van der Waals surface area contributed by atoms with Crippen LogP contribution in [0, 0.1) is 35.5 Å². The molecule has 0 radical (unpaired) electrons. The van der Waals surface area contributed by atoms with Crippen LogP contribution in [-0.4, -0.2) is 22.2 Å². The normalized spacial score (nSPS) is 31.1. The third-order valence-corrected chi connectivity index (χ3v) is 8.54. The van der Waals surface area contributed by atoms with Gasteiger partial charge in [0.1, 0.15) is 0 Å². The van der Waals surface area contributed by atoms with Crippen molar-refractivity contribution in [3.63, 3.8) is 0 Å². The molecule has 0 amide bonds. The number of carbonyl (C=O) groups is 2. The zero-order chi connectivity index (χ0) is 23.7. The highest BCUT2D eigenvalue weighted by atomic mass is 16.4. The largest absolute Gasteiger partial charge is 0.478 e. The molecule has 2 aliphatic carbocycles. The summed E-state index contributed by atoms with van der Waals surface area (Å²) in [6, 6.07) is 3.55. The molecule has 2 fully saturated rings. The van der Waals surface area contributed by atoms with E-state index < -0.39 is 11.9 Å². The molecule has 0 aromatic heterocycles. The maximum Gasteiger partial charge on any atom is 0.336 e.